The van der Waals surface area contributed by atoms with E-state index < -0.39 is 0 Å². The van der Waals surface area contributed by atoms with Crippen molar-refractivity contribution in [1.82, 2.24) is 19.7 Å². The number of benzene rings is 1. The van der Waals surface area contributed by atoms with E-state index in [1.54, 1.807) is 0 Å². The van der Waals surface area contributed by atoms with Gasteiger partial charge in [0, 0.05) is 42.7 Å². The molecule has 1 aromatic carbocycles. The van der Waals surface area contributed by atoms with Crippen LogP contribution in [-0.2, 0) is 4.79 Å². The number of aryl methyl sites for hydroxylation is 1. The Kier molecular flexibility index (Phi) is 5.59. The number of nitrogens with zero attached hydrogens (tertiary/aromatic N) is 4. The van der Waals surface area contributed by atoms with Gasteiger partial charge >= 0.3 is 0 Å². The summed E-state index contributed by atoms with van der Waals surface area (Å²) < 4.78 is 1.88. The highest BCUT2D eigenvalue weighted by Crippen LogP contribution is 2.29. The van der Waals surface area contributed by atoms with Crippen molar-refractivity contribution in [2.45, 2.75) is 52.0 Å². The third kappa shape index (κ3) is 4.01. The number of carbonyl (C=O) groups is 1. The Balaban J connectivity index is 1.45. The first-order valence-electron chi connectivity index (χ1n) is 10.3. The number of halogens is 1. The topological polar surface area (TPSA) is 51.0 Å². The first kappa shape index (κ1) is 19.9. The number of rotatable bonds is 4. The van der Waals surface area contributed by atoms with Crippen molar-refractivity contribution >= 4 is 28.3 Å². The second-order valence-electron chi connectivity index (χ2n) is 8.12. The van der Waals surface area contributed by atoms with Crippen LogP contribution < -0.4 is 0 Å². The molecule has 1 fully saturated rings. The van der Waals surface area contributed by atoms with Crippen LogP contribution in [-0.4, -0.2) is 38.7 Å². The average molecular weight is 411 g/mol. The molecule has 0 unspecified atom stereocenters. The maximum atomic E-state index is 13.0. The number of hydrogen-bond donors (Lipinski definition) is 0. The summed E-state index contributed by atoms with van der Waals surface area (Å²) >= 11 is 6.27. The molecular formula is C23H27ClN4O. The minimum Gasteiger partial charge on any atom is -0.342 e. The highest BCUT2D eigenvalue weighted by molar-refractivity contribution is 6.31. The quantitative estimate of drug-likeness (QED) is 0.604. The molecule has 5 nitrogen and oxygen atoms in total. The zero-order chi connectivity index (χ0) is 20.5. The first-order valence-corrected chi connectivity index (χ1v) is 10.7. The molecule has 0 bridgehead atoms. The Morgan fingerprint density at radius 3 is 2.76 bits per heavy atom. The van der Waals surface area contributed by atoms with E-state index in [1.807, 2.05) is 42.6 Å². The Bertz CT molecular complexity index is 1040. The molecule has 0 aliphatic carbocycles. The van der Waals surface area contributed by atoms with Crippen molar-refractivity contribution in [3.05, 3.63) is 58.6 Å². The number of likely N-dealkylation sites (tertiary alicyclic amines) is 1. The van der Waals surface area contributed by atoms with Gasteiger partial charge in [-0.15, -0.1) is 0 Å². The summed E-state index contributed by atoms with van der Waals surface area (Å²) in [5.74, 6) is 0.461. The molecule has 1 aliphatic heterocycles. The van der Waals surface area contributed by atoms with Gasteiger partial charge in [0.2, 0.25) is 5.91 Å². The number of pyridine rings is 1. The third-order valence-electron chi connectivity index (χ3n) is 5.97. The predicted octanol–water partition coefficient (Wildman–Crippen LogP) is 5.06. The fourth-order valence-corrected chi connectivity index (χ4v) is 4.43. The van der Waals surface area contributed by atoms with Gasteiger partial charge in [0.05, 0.1) is 22.5 Å². The van der Waals surface area contributed by atoms with Gasteiger partial charge in [-0.2, -0.15) is 5.10 Å². The lowest BCUT2D eigenvalue weighted by Gasteiger charge is -2.33. The standard InChI is InChI=1S/C23H27ClN4O/c1-15(28-17(3)23(24)16(2)26-28)11-22(29)27-10-6-9-20(14-27)21-12-18-7-4-5-8-19(18)13-25-21/h4-5,7-8,12-13,15,20H,6,9-11,14H2,1-3H3/t15-,20+/m1/s1. The maximum Gasteiger partial charge on any atom is 0.224 e. The van der Waals surface area contributed by atoms with Crippen molar-refractivity contribution in [3.63, 3.8) is 0 Å². The van der Waals surface area contributed by atoms with Gasteiger partial charge < -0.3 is 4.90 Å². The molecular weight excluding hydrogens is 384 g/mol. The molecule has 1 saturated heterocycles. The second kappa shape index (κ2) is 8.15. The summed E-state index contributed by atoms with van der Waals surface area (Å²) in [6, 6.07) is 10.4. The molecule has 3 aromatic rings. The van der Waals surface area contributed by atoms with Crippen molar-refractivity contribution < 1.29 is 4.79 Å². The molecule has 6 heteroatoms. The van der Waals surface area contributed by atoms with Crippen LogP contribution in [0.5, 0.6) is 0 Å². The van der Waals surface area contributed by atoms with Gasteiger partial charge in [-0.1, -0.05) is 35.9 Å². The molecule has 1 aliphatic rings. The highest BCUT2D eigenvalue weighted by Gasteiger charge is 2.27. The predicted molar refractivity (Wildman–Crippen MR) is 116 cm³/mol. The average Bonchev–Trinajstić information content (AvgIpc) is 3.01. The van der Waals surface area contributed by atoms with Crippen LogP contribution in [0.1, 0.15) is 55.2 Å². The zero-order valence-corrected chi connectivity index (χ0v) is 18.0. The van der Waals surface area contributed by atoms with E-state index in [-0.39, 0.29) is 17.9 Å². The van der Waals surface area contributed by atoms with Crippen LogP contribution in [0.3, 0.4) is 0 Å². The minimum absolute atomic E-state index is 0.0205. The van der Waals surface area contributed by atoms with Gasteiger partial charge in [-0.05, 0) is 45.1 Å². The highest BCUT2D eigenvalue weighted by atomic mass is 35.5. The molecule has 1 amide bonds. The van der Waals surface area contributed by atoms with E-state index in [0.717, 1.165) is 48.4 Å². The van der Waals surface area contributed by atoms with Gasteiger partial charge in [0.15, 0.2) is 0 Å². The summed E-state index contributed by atoms with van der Waals surface area (Å²) in [5.41, 5.74) is 2.81. The summed E-state index contributed by atoms with van der Waals surface area (Å²) in [6.07, 6.45) is 4.44. The maximum absolute atomic E-state index is 13.0. The first-order chi connectivity index (χ1) is 13.9. The largest absolute Gasteiger partial charge is 0.342 e. The molecule has 0 spiro atoms. The molecule has 0 saturated carbocycles. The third-order valence-corrected chi connectivity index (χ3v) is 6.52. The fourth-order valence-electron chi connectivity index (χ4n) is 4.31. The molecule has 29 heavy (non-hydrogen) atoms. The number of fused-ring (bicyclic) bond motifs is 1. The Labute approximate surface area is 176 Å². The number of aromatic nitrogens is 3. The SMILES string of the molecule is Cc1nn([C@H](C)CC(=O)N2CCC[C@H](c3cc4ccccc4cn3)C2)c(C)c1Cl. The van der Waals surface area contributed by atoms with E-state index in [9.17, 15) is 4.79 Å². The molecule has 152 valence electrons. The number of carbonyl (C=O) groups excluding carboxylic acids is 1. The number of hydrogen-bond acceptors (Lipinski definition) is 3. The summed E-state index contributed by atoms with van der Waals surface area (Å²) in [6.45, 7) is 7.42. The molecule has 0 radical (unpaired) electrons. The van der Waals surface area contributed by atoms with Crippen LogP contribution in [0.4, 0.5) is 0 Å². The summed E-state index contributed by atoms with van der Waals surface area (Å²) in [4.78, 5) is 19.7. The Morgan fingerprint density at radius 1 is 1.28 bits per heavy atom. The second-order valence-corrected chi connectivity index (χ2v) is 8.50. The Morgan fingerprint density at radius 2 is 2.03 bits per heavy atom. The van der Waals surface area contributed by atoms with E-state index >= 15 is 0 Å². The van der Waals surface area contributed by atoms with Gasteiger partial charge in [-0.3, -0.25) is 14.5 Å². The van der Waals surface area contributed by atoms with E-state index in [0.29, 0.717) is 11.4 Å². The van der Waals surface area contributed by atoms with Crippen molar-refractivity contribution in [2.75, 3.05) is 13.1 Å². The van der Waals surface area contributed by atoms with Gasteiger partial charge in [-0.25, -0.2) is 0 Å². The number of amides is 1. The van der Waals surface area contributed by atoms with Crippen LogP contribution in [0.2, 0.25) is 5.02 Å². The lowest BCUT2D eigenvalue weighted by Crippen LogP contribution is -2.40. The zero-order valence-electron chi connectivity index (χ0n) is 17.2. The summed E-state index contributed by atoms with van der Waals surface area (Å²) in [5, 5.41) is 7.54. The lowest BCUT2D eigenvalue weighted by atomic mass is 9.93. The molecule has 2 atom stereocenters. The Hall–Kier alpha value is -2.40. The molecule has 3 heterocycles. The van der Waals surface area contributed by atoms with Crippen molar-refractivity contribution in [3.8, 4) is 0 Å². The van der Waals surface area contributed by atoms with Crippen LogP contribution >= 0.6 is 11.6 Å². The number of piperidine rings is 1. The fraction of sp³-hybridized carbons (Fsp3) is 0.435. The minimum atomic E-state index is -0.0205. The lowest BCUT2D eigenvalue weighted by molar-refractivity contribution is -0.133. The van der Waals surface area contributed by atoms with Gasteiger partial charge in [0.25, 0.3) is 0 Å². The van der Waals surface area contributed by atoms with Crippen LogP contribution in [0.15, 0.2) is 36.5 Å². The van der Waals surface area contributed by atoms with Crippen molar-refractivity contribution in [1.29, 1.82) is 0 Å². The van der Waals surface area contributed by atoms with Crippen LogP contribution in [0, 0.1) is 13.8 Å². The van der Waals surface area contributed by atoms with Gasteiger partial charge in [0.1, 0.15) is 0 Å². The van der Waals surface area contributed by atoms with Crippen molar-refractivity contribution in [2.24, 2.45) is 0 Å². The molecule has 0 N–H and O–H groups in total. The van der Waals surface area contributed by atoms with E-state index in [1.165, 1.54) is 5.39 Å². The normalized spacial score (nSPS) is 18.2. The smallest absolute Gasteiger partial charge is 0.224 e. The molecule has 4 rings (SSSR count). The monoisotopic (exact) mass is 410 g/mol. The molecule has 2 aromatic heterocycles. The van der Waals surface area contributed by atoms with Crippen LogP contribution in [0.25, 0.3) is 10.8 Å². The van der Waals surface area contributed by atoms with E-state index in [4.69, 9.17) is 16.6 Å². The summed E-state index contributed by atoms with van der Waals surface area (Å²) in [7, 11) is 0. The van der Waals surface area contributed by atoms with E-state index in [2.05, 4.69) is 29.4 Å².